The largest absolute Gasteiger partial charge is 0.496 e. The SMILES string of the molecule is COc1ccc(C=CCO)c2ccccc12. The highest BCUT2D eigenvalue weighted by molar-refractivity contribution is 5.94. The Kier molecular flexibility index (Phi) is 3.22. The molecule has 82 valence electrons. The maximum absolute atomic E-state index is 8.79. The molecule has 2 aromatic carbocycles. The molecule has 2 nitrogen and oxygen atoms in total. The van der Waals surface area contributed by atoms with Gasteiger partial charge in [0.2, 0.25) is 0 Å². The van der Waals surface area contributed by atoms with Crippen LogP contribution in [0, 0.1) is 0 Å². The molecule has 0 aliphatic rings. The normalized spacial score (nSPS) is 11.1. The molecule has 2 heteroatoms. The van der Waals surface area contributed by atoms with Crippen molar-refractivity contribution in [3.05, 3.63) is 48.0 Å². The van der Waals surface area contributed by atoms with Crippen molar-refractivity contribution >= 4 is 16.8 Å². The van der Waals surface area contributed by atoms with Gasteiger partial charge < -0.3 is 9.84 Å². The van der Waals surface area contributed by atoms with Crippen LogP contribution >= 0.6 is 0 Å². The van der Waals surface area contributed by atoms with E-state index in [-0.39, 0.29) is 6.61 Å². The maximum Gasteiger partial charge on any atom is 0.126 e. The highest BCUT2D eigenvalue weighted by Gasteiger charge is 2.03. The van der Waals surface area contributed by atoms with E-state index in [2.05, 4.69) is 6.07 Å². The number of hydrogen-bond acceptors (Lipinski definition) is 2. The fraction of sp³-hybridized carbons (Fsp3) is 0.143. The minimum absolute atomic E-state index is 0.0559. The first-order valence-corrected chi connectivity index (χ1v) is 5.20. The molecule has 0 fully saturated rings. The van der Waals surface area contributed by atoms with Gasteiger partial charge >= 0.3 is 0 Å². The first kappa shape index (κ1) is 10.7. The van der Waals surface area contributed by atoms with Gasteiger partial charge in [0.15, 0.2) is 0 Å². The van der Waals surface area contributed by atoms with Crippen LogP contribution in [0.15, 0.2) is 42.5 Å². The van der Waals surface area contributed by atoms with E-state index in [1.807, 2.05) is 36.4 Å². The van der Waals surface area contributed by atoms with Crippen LogP contribution in [0.25, 0.3) is 16.8 Å². The molecule has 0 spiro atoms. The molecule has 0 radical (unpaired) electrons. The fourth-order valence-electron chi connectivity index (χ4n) is 1.80. The van der Waals surface area contributed by atoms with Gasteiger partial charge in [-0.1, -0.05) is 42.5 Å². The summed E-state index contributed by atoms with van der Waals surface area (Å²) in [6, 6.07) is 12.0. The summed E-state index contributed by atoms with van der Waals surface area (Å²) in [4.78, 5) is 0. The predicted octanol–water partition coefficient (Wildman–Crippen LogP) is 2.85. The summed E-state index contributed by atoms with van der Waals surface area (Å²) in [7, 11) is 1.67. The average Bonchev–Trinajstić information content (AvgIpc) is 2.36. The van der Waals surface area contributed by atoms with Crippen LogP contribution in [0.2, 0.25) is 0 Å². The van der Waals surface area contributed by atoms with Crippen LogP contribution < -0.4 is 4.74 Å². The van der Waals surface area contributed by atoms with Gasteiger partial charge in [-0.3, -0.25) is 0 Å². The van der Waals surface area contributed by atoms with Gasteiger partial charge in [-0.2, -0.15) is 0 Å². The standard InChI is InChI=1S/C14H14O2/c1-16-14-9-8-11(5-4-10-15)12-6-2-3-7-13(12)14/h2-9,15H,10H2,1H3. The molecule has 0 aliphatic carbocycles. The predicted molar refractivity (Wildman–Crippen MR) is 66.6 cm³/mol. The van der Waals surface area contributed by atoms with Crippen molar-refractivity contribution < 1.29 is 9.84 Å². The van der Waals surface area contributed by atoms with Gasteiger partial charge in [0.1, 0.15) is 5.75 Å². The van der Waals surface area contributed by atoms with Crippen molar-refractivity contribution in [2.45, 2.75) is 0 Å². The zero-order chi connectivity index (χ0) is 11.4. The second-order valence-corrected chi connectivity index (χ2v) is 3.49. The number of benzene rings is 2. The summed E-state index contributed by atoms with van der Waals surface area (Å²) in [6.07, 6.45) is 3.65. The van der Waals surface area contributed by atoms with Gasteiger partial charge in [-0.05, 0) is 17.0 Å². The molecular formula is C14H14O2. The Morgan fingerprint density at radius 1 is 1.12 bits per heavy atom. The lowest BCUT2D eigenvalue weighted by molar-refractivity contribution is 0.343. The molecule has 2 rings (SSSR count). The lowest BCUT2D eigenvalue weighted by Gasteiger charge is -2.07. The zero-order valence-corrected chi connectivity index (χ0v) is 9.18. The Bertz CT molecular complexity index is 515. The van der Waals surface area contributed by atoms with Crippen molar-refractivity contribution in [3.8, 4) is 5.75 Å². The summed E-state index contributed by atoms with van der Waals surface area (Å²) in [5.74, 6) is 0.872. The zero-order valence-electron chi connectivity index (χ0n) is 9.18. The topological polar surface area (TPSA) is 29.5 Å². The second-order valence-electron chi connectivity index (χ2n) is 3.49. The van der Waals surface area contributed by atoms with Gasteiger partial charge in [0.05, 0.1) is 13.7 Å². The van der Waals surface area contributed by atoms with Crippen LogP contribution in [0.3, 0.4) is 0 Å². The third-order valence-corrected chi connectivity index (χ3v) is 2.54. The van der Waals surface area contributed by atoms with Gasteiger partial charge in [-0.15, -0.1) is 0 Å². The van der Waals surface area contributed by atoms with E-state index < -0.39 is 0 Å². The first-order chi connectivity index (χ1) is 7.86. The molecule has 0 saturated heterocycles. The number of fused-ring (bicyclic) bond motifs is 1. The quantitative estimate of drug-likeness (QED) is 0.851. The van der Waals surface area contributed by atoms with E-state index in [1.54, 1.807) is 13.2 Å². The van der Waals surface area contributed by atoms with Crippen LogP contribution in [0.4, 0.5) is 0 Å². The number of rotatable bonds is 3. The maximum atomic E-state index is 8.79. The van der Waals surface area contributed by atoms with Crippen molar-refractivity contribution in [2.75, 3.05) is 13.7 Å². The monoisotopic (exact) mass is 214 g/mol. The smallest absolute Gasteiger partial charge is 0.126 e. The van der Waals surface area contributed by atoms with E-state index in [0.717, 1.165) is 22.1 Å². The van der Waals surface area contributed by atoms with E-state index in [9.17, 15) is 0 Å². The Hall–Kier alpha value is -1.80. The average molecular weight is 214 g/mol. The van der Waals surface area contributed by atoms with E-state index in [0.29, 0.717) is 0 Å². The van der Waals surface area contributed by atoms with Crippen molar-refractivity contribution in [1.29, 1.82) is 0 Å². The van der Waals surface area contributed by atoms with Crippen LogP contribution in [-0.2, 0) is 0 Å². The third-order valence-electron chi connectivity index (χ3n) is 2.54. The number of methoxy groups -OCH3 is 1. The third kappa shape index (κ3) is 1.92. The highest BCUT2D eigenvalue weighted by atomic mass is 16.5. The lowest BCUT2D eigenvalue weighted by Crippen LogP contribution is -1.86. The van der Waals surface area contributed by atoms with E-state index >= 15 is 0 Å². The molecular weight excluding hydrogens is 200 g/mol. The highest BCUT2D eigenvalue weighted by Crippen LogP contribution is 2.28. The molecule has 0 aromatic heterocycles. The van der Waals surface area contributed by atoms with Gasteiger partial charge in [0, 0.05) is 5.39 Å². The molecule has 0 bridgehead atoms. The Morgan fingerprint density at radius 3 is 2.56 bits per heavy atom. The summed E-state index contributed by atoms with van der Waals surface area (Å²) in [6.45, 7) is 0.0559. The summed E-state index contributed by atoms with van der Waals surface area (Å²) in [5.41, 5.74) is 1.09. The Balaban J connectivity index is 2.64. The summed E-state index contributed by atoms with van der Waals surface area (Å²) >= 11 is 0. The van der Waals surface area contributed by atoms with Crippen LogP contribution in [0.1, 0.15) is 5.56 Å². The molecule has 0 unspecified atom stereocenters. The second kappa shape index (κ2) is 4.81. The molecule has 0 amide bonds. The van der Waals surface area contributed by atoms with Crippen LogP contribution in [-0.4, -0.2) is 18.8 Å². The minimum atomic E-state index is 0.0559. The molecule has 0 heterocycles. The number of aliphatic hydroxyl groups excluding tert-OH is 1. The van der Waals surface area contributed by atoms with Gasteiger partial charge in [0.25, 0.3) is 0 Å². The van der Waals surface area contributed by atoms with E-state index in [1.165, 1.54) is 0 Å². The van der Waals surface area contributed by atoms with Crippen molar-refractivity contribution in [2.24, 2.45) is 0 Å². The molecule has 0 atom stereocenters. The van der Waals surface area contributed by atoms with Crippen molar-refractivity contribution in [1.82, 2.24) is 0 Å². The number of aliphatic hydroxyl groups is 1. The van der Waals surface area contributed by atoms with Gasteiger partial charge in [-0.25, -0.2) is 0 Å². The number of hydrogen-bond donors (Lipinski definition) is 1. The summed E-state index contributed by atoms with van der Waals surface area (Å²) < 4.78 is 5.31. The minimum Gasteiger partial charge on any atom is -0.496 e. The molecule has 0 saturated carbocycles. The Labute approximate surface area is 94.8 Å². The van der Waals surface area contributed by atoms with Crippen molar-refractivity contribution in [3.63, 3.8) is 0 Å². The fourth-order valence-corrected chi connectivity index (χ4v) is 1.80. The molecule has 0 aliphatic heterocycles. The van der Waals surface area contributed by atoms with Crippen LogP contribution in [0.5, 0.6) is 5.75 Å². The summed E-state index contributed by atoms with van der Waals surface area (Å²) in [5, 5.41) is 11.0. The Morgan fingerprint density at radius 2 is 1.88 bits per heavy atom. The molecule has 1 N–H and O–H groups in total. The first-order valence-electron chi connectivity index (χ1n) is 5.20. The lowest BCUT2D eigenvalue weighted by atomic mass is 10.0. The number of ether oxygens (including phenoxy) is 1. The van der Waals surface area contributed by atoms with E-state index in [4.69, 9.17) is 9.84 Å². The molecule has 2 aromatic rings. The molecule has 16 heavy (non-hydrogen) atoms.